The van der Waals surface area contributed by atoms with Crippen molar-refractivity contribution in [1.29, 1.82) is 0 Å². The lowest BCUT2D eigenvalue weighted by molar-refractivity contribution is 0.201. The topological polar surface area (TPSA) is 75.1 Å². The summed E-state index contributed by atoms with van der Waals surface area (Å²) in [4.78, 5) is 14.6. The Morgan fingerprint density at radius 2 is 2.04 bits per heavy atom. The molecule has 130 valence electrons. The lowest BCUT2D eigenvalue weighted by Gasteiger charge is -2.29. The minimum Gasteiger partial charge on any atom is -0.337 e. The van der Waals surface area contributed by atoms with Gasteiger partial charge in [0.05, 0.1) is 6.54 Å². The molecule has 2 N–H and O–H groups in total. The number of carbonyl (C=O) groups is 1. The second-order valence-electron chi connectivity index (χ2n) is 6.62. The van der Waals surface area contributed by atoms with Crippen LogP contribution in [0.15, 0.2) is 6.33 Å². The largest absolute Gasteiger partial charge is 0.337 e. The van der Waals surface area contributed by atoms with Gasteiger partial charge in [-0.05, 0) is 45.2 Å². The zero-order valence-corrected chi connectivity index (χ0v) is 14.6. The molecular formula is C16H30N6O. The molecule has 1 fully saturated rings. The van der Waals surface area contributed by atoms with E-state index in [1.54, 1.807) is 6.33 Å². The standard InChI is InChI=1S/C16H30N6O/c1-4-21-12-19-20-15(21)11-18-16(23)17-10-14(9-13(2)3)22-7-5-6-8-22/h12-14H,4-11H2,1-3H3,(H2,17,18,23)/t14-/m0/s1. The second kappa shape index (κ2) is 8.86. The molecule has 7 nitrogen and oxygen atoms in total. The molecule has 0 saturated carbocycles. The van der Waals surface area contributed by atoms with Gasteiger partial charge >= 0.3 is 6.03 Å². The quantitative estimate of drug-likeness (QED) is 0.762. The molecule has 0 aliphatic carbocycles. The van der Waals surface area contributed by atoms with Gasteiger partial charge in [-0.3, -0.25) is 4.90 Å². The Balaban J connectivity index is 1.76. The molecule has 2 heterocycles. The third kappa shape index (κ3) is 5.49. The molecule has 1 saturated heterocycles. The van der Waals surface area contributed by atoms with Crippen molar-refractivity contribution < 1.29 is 4.79 Å². The number of urea groups is 1. The van der Waals surface area contributed by atoms with Crippen LogP contribution in [0.25, 0.3) is 0 Å². The van der Waals surface area contributed by atoms with Crippen LogP contribution in [0.3, 0.4) is 0 Å². The zero-order valence-electron chi connectivity index (χ0n) is 14.6. The summed E-state index contributed by atoms with van der Waals surface area (Å²) in [6, 6.07) is 0.297. The Hall–Kier alpha value is -1.63. The minimum atomic E-state index is -0.136. The Kier molecular flexibility index (Phi) is 6.83. The van der Waals surface area contributed by atoms with Crippen LogP contribution >= 0.6 is 0 Å². The van der Waals surface area contributed by atoms with Crippen LogP contribution in [0.1, 0.15) is 45.9 Å². The average molecular weight is 322 g/mol. The molecule has 0 spiro atoms. The monoisotopic (exact) mass is 322 g/mol. The van der Waals surface area contributed by atoms with Gasteiger partial charge in [0.1, 0.15) is 6.33 Å². The summed E-state index contributed by atoms with van der Waals surface area (Å²) >= 11 is 0. The SMILES string of the molecule is CCn1cnnc1CNC(=O)NC[C@H](CC(C)C)N1CCCC1. The van der Waals surface area contributed by atoms with Crippen LogP contribution in [0.4, 0.5) is 4.79 Å². The molecule has 1 aromatic rings. The fourth-order valence-corrected chi connectivity index (χ4v) is 3.12. The number of nitrogens with zero attached hydrogens (tertiary/aromatic N) is 4. The maximum absolute atomic E-state index is 12.0. The molecule has 1 aromatic heterocycles. The molecule has 0 radical (unpaired) electrons. The Bertz CT molecular complexity index is 481. The van der Waals surface area contributed by atoms with E-state index in [1.807, 2.05) is 11.5 Å². The van der Waals surface area contributed by atoms with Crippen molar-refractivity contribution in [2.45, 2.75) is 59.2 Å². The summed E-state index contributed by atoms with van der Waals surface area (Å²) in [7, 11) is 0. The normalized spacial score (nSPS) is 16.7. The van der Waals surface area contributed by atoms with Crippen molar-refractivity contribution in [3.05, 3.63) is 12.2 Å². The van der Waals surface area contributed by atoms with Crippen LogP contribution in [0.2, 0.25) is 0 Å². The minimum absolute atomic E-state index is 0.136. The molecule has 7 heteroatoms. The van der Waals surface area contributed by atoms with Gasteiger partial charge in [0.15, 0.2) is 5.82 Å². The first-order valence-electron chi connectivity index (χ1n) is 8.72. The van der Waals surface area contributed by atoms with E-state index in [0.29, 0.717) is 25.0 Å². The summed E-state index contributed by atoms with van der Waals surface area (Å²) in [5, 5.41) is 13.8. The molecule has 1 atom stereocenters. The number of hydrogen-bond donors (Lipinski definition) is 2. The van der Waals surface area contributed by atoms with Crippen LogP contribution in [0, 0.1) is 5.92 Å². The highest BCUT2D eigenvalue weighted by Crippen LogP contribution is 2.17. The molecule has 0 aromatic carbocycles. The summed E-state index contributed by atoms with van der Waals surface area (Å²) < 4.78 is 1.92. The molecule has 0 unspecified atom stereocenters. The highest BCUT2D eigenvalue weighted by molar-refractivity contribution is 5.73. The van der Waals surface area contributed by atoms with Gasteiger partial charge in [0.25, 0.3) is 0 Å². The number of amides is 2. The van der Waals surface area contributed by atoms with E-state index >= 15 is 0 Å². The van der Waals surface area contributed by atoms with E-state index in [1.165, 1.54) is 12.8 Å². The van der Waals surface area contributed by atoms with E-state index in [4.69, 9.17) is 0 Å². The number of likely N-dealkylation sites (tertiary alicyclic amines) is 1. The summed E-state index contributed by atoms with van der Waals surface area (Å²) in [6.45, 7) is 10.7. The molecule has 1 aliphatic rings. The number of aryl methyl sites for hydroxylation is 1. The van der Waals surface area contributed by atoms with E-state index in [-0.39, 0.29) is 6.03 Å². The summed E-state index contributed by atoms with van der Waals surface area (Å²) in [5.74, 6) is 1.41. The maximum atomic E-state index is 12.0. The van der Waals surface area contributed by atoms with Gasteiger partial charge in [0.2, 0.25) is 0 Å². The van der Waals surface area contributed by atoms with Gasteiger partial charge in [-0.25, -0.2) is 4.79 Å². The van der Waals surface area contributed by atoms with Crippen LogP contribution < -0.4 is 10.6 Å². The Labute approximate surface area is 138 Å². The van der Waals surface area contributed by atoms with Crippen molar-refractivity contribution in [2.24, 2.45) is 5.92 Å². The first-order chi connectivity index (χ1) is 11.1. The van der Waals surface area contributed by atoms with E-state index in [2.05, 4.69) is 39.6 Å². The van der Waals surface area contributed by atoms with Gasteiger partial charge in [-0.1, -0.05) is 13.8 Å². The van der Waals surface area contributed by atoms with E-state index in [9.17, 15) is 4.79 Å². The first-order valence-corrected chi connectivity index (χ1v) is 8.72. The summed E-state index contributed by atoms with van der Waals surface area (Å²) in [6.07, 6.45) is 5.34. The number of aromatic nitrogens is 3. The average Bonchev–Trinajstić information content (AvgIpc) is 3.19. The van der Waals surface area contributed by atoms with Crippen molar-refractivity contribution in [2.75, 3.05) is 19.6 Å². The predicted octanol–water partition coefficient (Wildman–Crippen LogP) is 1.61. The second-order valence-corrected chi connectivity index (χ2v) is 6.62. The van der Waals surface area contributed by atoms with Crippen molar-refractivity contribution in [3.63, 3.8) is 0 Å². The van der Waals surface area contributed by atoms with Crippen LogP contribution in [-0.2, 0) is 13.1 Å². The lowest BCUT2D eigenvalue weighted by Crippen LogP contribution is -2.46. The molecule has 2 amide bonds. The van der Waals surface area contributed by atoms with E-state index in [0.717, 1.165) is 31.9 Å². The van der Waals surface area contributed by atoms with Gasteiger partial charge in [0, 0.05) is 19.1 Å². The summed E-state index contributed by atoms with van der Waals surface area (Å²) in [5.41, 5.74) is 0. The van der Waals surface area contributed by atoms with Crippen molar-refractivity contribution >= 4 is 6.03 Å². The van der Waals surface area contributed by atoms with Crippen LogP contribution in [-0.4, -0.2) is 51.4 Å². The van der Waals surface area contributed by atoms with Gasteiger partial charge in [-0.15, -0.1) is 10.2 Å². The predicted molar refractivity (Wildman–Crippen MR) is 90.0 cm³/mol. The van der Waals surface area contributed by atoms with Crippen molar-refractivity contribution in [3.8, 4) is 0 Å². The van der Waals surface area contributed by atoms with Gasteiger partial charge in [-0.2, -0.15) is 0 Å². The van der Waals surface area contributed by atoms with Crippen molar-refractivity contribution in [1.82, 2.24) is 30.3 Å². The maximum Gasteiger partial charge on any atom is 0.315 e. The highest BCUT2D eigenvalue weighted by atomic mass is 16.2. The zero-order chi connectivity index (χ0) is 16.7. The first kappa shape index (κ1) is 17.7. The molecule has 23 heavy (non-hydrogen) atoms. The fraction of sp³-hybridized carbons (Fsp3) is 0.812. The number of carbonyl (C=O) groups excluding carboxylic acids is 1. The highest BCUT2D eigenvalue weighted by Gasteiger charge is 2.23. The third-order valence-electron chi connectivity index (χ3n) is 4.34. The smallest absolute Gasteiger partial charge is 0.315 e. The molecular weight excluding hydrogens is 292 g/mol. The van der Waals surface area contributed by atoms with Gasteiger partial charge < -0.3 is 15.2 Å². The molecule has 2 rings (SSSR count). The lowest BCUT2D eigenvalue weighted by atomic mass is 10.0. The molecule has 0 bridgehead atoms. The Morgan fingerprint density at radius 1 is 1.30 bits per heavy atom. The fourth-order valence-electron chi connectivity index (χ4n) is 3.12. The van der Waals surface area contributed by atoms with Crippen LogP contribution in [0.5, 0.6) is 0 Å². The Morgan fingerprint density at radius 3 is 2.70 bits per heavy atom. The number of rotatable bonds is 8. The number of nitrogens with one attached hydrogen (secondary N) is 2. The van der Waals surface area contributed by atoms with E-state index < -0.39 is 0 Å². The number of hydrogen-bond acceptors (Lipinski definition) is 4. The molecule has 1 aliphatic heterocycles. The third-order valence-corrected chi connectivity index (χ3v) is 4.34.